The van der Waals surface area contributed by atoms with E-state index in [4.69, 9.17) is 11.6 Å². The van der Waals surface area contributed by atoms with Crippen molar-refractivity contribution in [2.75, 3.05) is 11.4 Å². The summed E-state index contributed by atoms with van der Waals surface area (Å²) in [5.74, 6) is -3.22. The molecule has 0 saturated heterocycles. The molecule has 3 aromatic carbocycles. The molecule has 2 heterocycles. The molecular formula is C31H24ClF2N2NaO3S. The number of carbonyl (C=O) groups is 2. The fraction of sp³-hybridized carbons (Fsp3) is 0.290. The normalized spacial score (nSPS) is 16.9. The minimum absolute atomic E-state index is 0. The van der Waals surface area contributed by atoms with Crippen LogP contribution in [0, 0.1) is 11.6 Å². The van der Waals surface area contributed by atoms with Crippen molar-refractivity contribution in [3.05, 3.63) is 88.1 Å². The number of amides is 1. The SMILES string of the molecule is O=C([O-])c1cccc(Sc2c(C3CC3)n(CC(=O)N3CC4(CCC4)c4ccccc43)c3c(F)c(Cl)ccc23)c1F.[Na+]. The van der Waals surface area contributed by atoms with Crippen molar-refractivity contribution in [1.29, 1.82) is 0 Å². The van der Waals surface area contributed by atoms with Crippen LogP contribution in [-0.4, -0.2) is 23.0 Å². The van der Waals surface area contributed by atoms with Crippen LogP contribution in [0.15, 0.2) is 64.4 Å². The van der Waals surface area contributed by atoms with Crippen molar-refractivity contribution in [2.24, 2.45) is 0 Å². The van der Waals surface area contributed by atoms with E-state index in [2.05, 4.69) is 6.07 Å². The number of aromatic nitrogens is 1. The second-order valence-electron chi connectivity index (χ2n) is 11.0. The maximum atomic E-state index is 15.7. The third-order valence-corrected chi connectivity index (χ3v) is 10.1. The molecule has 7 rings (SSSR count). The summed E-state index contributed by atoms with van der Waals surface area (Å²) < 4.78 is 32.6. The summed E-state index contributed by atoms with van der Waals surface area (Å²) in [6.45, 7) is 0.515. The Morgan fingerprint density at radius 2 is 1.78 bits per heavy atom. The second-order valence-corrected chi connectivity index (χ2v) is 12.4. The van der Waals surface area contributed by atoms with Gasteiger partial charge in [-0.3, -0.25) is 4.79 Å². The number of fused-ring (bicyclic) bond motifs is 3. The Morgan fingerprint density at radius 1 is 1.02 bits per heavy atom. The number of halogens is 3. The van der Waals surface area contributed by atoms with Crippen molar-refractivity contribution >= 4 is 51.8 Å². The molecule has 41 heavy (non-hydrogen) atoms. The molecule has 0 radical (unpaired) electrons. The molecule has 1 aromatic heterocycles. The summed E-state index contributed by atoms with van der Waals surface area (Å²) in [4.78, 5) is 28.0. The van der Waals surface area contributed by atoms with Gasteiger partial charge in [-0.2, -0.15) is 0 Å². The summed E-state index contributed by atoms with van der Waals surface area (Å²) in [6, 6.07) is 15.3. The Morgan fingerprint density at radius 3 is 2.46 bits per heavy atom. The van der Waals surface area contributed by atoms with E-state index in [0.717, 1.165) is 61.3 Å². The minimum atomic E-state index is -1.61. The summed E-state index contributed by atoms with van der Waals surface area (Å²) in [5, 5.41) is 11.9. The first kappa shape index (κ1) is 28.7. The van der Waals surface area contributed by atoms with Gasteiger partial charge < -0.3 is 19.4 Å². The van der Waals surface area contributed by atoms with Gasteiger partial charge in [0.25, 0.3) is 0 Å². The molecule has 10 heteroatoms. The van der Waals surface area contributed by atoms with Crippen LogP contribution in [0.2, 0.25) is 5.02 Å². The molecule has 1 aliphatic heterocycles. The number of anilines is 1. The molecule has 5 nitrogen and oxygen atoms in total. The maximum Gasteiger partial charge on any atom is 1.00 e. The van der Waals surface area contributed by atoms with Crippen LogP contribution in [-0.2, 0) is 16.8 Å². The molecule has 204 valence electrons. The van der Waals surface area contributed by atoms with Crippen LogP contribution in [0.25, 0.3) is 10.9 Å². The molecule has 0 unspecified atom stereocenters. The molecule has 0 bridgehead atoms. The van der Waals surface area contributed by atoms with Crippen molar-refractivity contribution in [2.45, 2.75) is 59.8 Å². The van der Waals surface area contributed by atoms with Crippen molar-refractivity contribution < 1.29 is 53.0 Å². The first-order chi connectivity index (χ1) is 19.3. The van der Waals surface area contributed by atoms with Crippen LogP contribution < -0.4 is 39.6 Å². The molecule has 0 N–H and O–H groups in total. The third kappa shape index (κ3) is 4.63. The number of carboxylic acid groups (broad SMARTS) is 1. The number of rotatable bonds is 6. The van der Waals surface area contributed by atoms with Gasteiger partial charge in [0.2, 0.25) is 5.91 Å². The van der Waals surface area contributed by atoms with Gasteiger partial charge in [0.15, 0.2) is 5.82 Å². The van der Waals surface area contributed by atoms with Gasteiger partial charge in [0, 0.05) is 50.0 Å². The fourth-order valence-electron chi connectivity index (χ4n) is 6.36. The Balaban J connectivity index is 0.00000302. The third-order valence-electron chi connectivity index (χ3n) is 8.60. The first-order valence-corrected chi connectivity index (χ1v) is 14.6. The first-order valence-electron chi connectivity index (χ1n) is 13.4. The average Bonchev–Trinajstić information content (AvgIpc) is 3.62. The van der Waals surface area contributed by atoms with Crippen molar-refractivity contribution in [3.8, 4) is 0 Å². The number of hydrogen-bond donors (Lipinski definition) is 0. The van der Waals surface area contributed by atoms with Gasteiger partial charge in [-0.1, -0.05) is 60.1 Å². The molecule has 2 saturated carbocycles. The van der Waals surface area contributed by atoms with E-state index in [0.29, 0.717) is 16.8 Å². The quantitative estimate of drug-likeness (QED) is 0.318. The monoisotopic (exact) mass is 600 g/mol. The smallest absolute Gasteiger partial charge is 0.545 e. The van der Waals surface area contributed by atoms with E-state index >= 15 is 8.78 Å². The van der Waals surface area contributed by atoms with E-state index in [9.17, 15) is 14.7 Å². The van der Waals surface area contributed by atoms with E-state index in [1.165, 1.54) is 23.8 Å². The number of para-hydroxylation sites is 1. The van der Waals surface area contributed by atoms with E-state index < -0.39 is 23.2 Å². The zero-order valence-corrected chi connectivity index (χ0v) is 26.0. The van der Waals surface area contributed by atoms with Gasteiger partial charge >= 0.3 is 29.6 Å². The Kier molecular flexibility index (Phi) is 7.52. The molecular weight excluding hydrogens is 577 g/mol. The van der Waals surface area contributed by atoms with Crippen LogP contribution in [0.4, 0.5) is 14.5 Å². The molecule has 0 atom stereocenters. The van der Waals surface area contributed by atoms with Crippen LogP contribution in [0.1, 0.15) is 59.6 Å². The van der Waals surface area contributed by atoms with Crippen LogP contribution in [0.3, 0.4) is 0 Å². The van der Waals surface area contributed by atoms with Gasteiger partial charge in [-0.25, -0.2) is 8.78 Å². The Labute approximate surface area is 267 Å². The average molecular weight is 601 g/mol. The predicted molar refractivity (Wildman–Crippen MR) is 148 cm³/mol. The van der Waals surface area contributed by atoms with E-state index in [1.54, 1.807) is 10.6 Å². The molecule has 1 amide bonds. The number of hydrogen-bond acceptors (Lipinski definition) is 4. The summed E-state index contributed by atoms with van der Waals surface area (Å²) in [5.41, 5.74) is 2.51. The van der Waals surface area contributed by atoms with Crippen molar-refractivity contribution in [3.63, 3.8) is 0 Å². The van der Waals surface area contributed by atoms with Crippen LogP contribution >= 0.6 is 23.4 Å². The molecule has 1 spiro atoms. The van der Waals surface area contributed by atoms with E-state index in [1.807, 2.05) is 23.1 Å². The second kappa shape index (κ2) is 10.7. The standard InChI is InChI=1S/C31H25ClF2N2O3S.Na/c32-21-12-11-19-28(26(21)34)35(15-24(37)36-16-31(13-4-14-31)20-6-1-2-7-22(20)36)27(17-9-10-17)29(19)40-23-8-3-5-18(25(23)33)30(38)39;/h1-3,5-8,11-12,17H,4,9-10,13-16H2,(H,38,39);/q;+1/p-1. The van der Waals surface area contributed by atoms with Crippen molar-refractivity contribution in [1.82, 2.24) is 4.57 Å². The van der Waals surface area contributed by atoms with Gasteiger partial charge in [0.05, 0.1) is 16.5 Å². The molecule has 4 aromatic rings. The number of nitrogens with zero attached hydrogens (tertiary/aromatic N) is 2. The number of aromatic carboxylic acids is 1. The van der Waals surface area contributed by atoms with Gasteiger partial charge in [-0.05, 0) is 55.5 Å². The fourth-order valence-corrected chi connectivity index (χ4v) is 7.74. The summed E-state index contributed by atoms with van der Waals surface area (Å²) >= 11 is 7.27. The largest absolute Gasteiger partial charge is 1.00 e. The van der Waals surface area contributed by atoms with Gasteiger partial charge in [-0.15, -0.1) is 0 Å². The Bertz CT molecular complexity index is 1730. The molecule has 2 aliphatic carbocycles. The van der Waals surface area contributed by atoms with Gasteiger partial charge in [0.1, 0.15) is 12.4 Å². The number of benzene rings is 3. The zero-order chi connectivity index (χ0) is 27.8. The van der Waals surface area contributed by atoms with E-state index in [-0.39, 0.29) is 68.8 Å². The van der Waals surface area contributed by atoms with Crippen LogP contribution in [0.5, 0.6) is 0 Å². The predicted octanol–water partition coefficient (Wildman–Crippen LogP) is 3.44. The number of carbonyl (C=O) groups excluding carboxylic acids is 2. The topological polar surface area (TPSA) is 65.4 Å². The number of carboxylic acids is 1. The molecule has 2 fully saturated rings. The summed E-state index contributed by atoms with van der Waals surface area (Å²) in [7, 11) is 0. The summed E-state index contributed by atoms with van der Waals surface area (Å²) in [6.07, 6.45) is 4.91. The maximum absolute atomic E-state index is 15.7. The minimum Gasteiger partial charge on any atom is -0.545 e. The Hall–Kier alpha value is -2.36. The zero-order valence-electron chi connectivity index (χ0n) is 22.4. The molecule has 3 aliphatic rings.